The van der Waals surface area contributed by atoms with Gasteiger partial charge in [-0.2, -0.15) is 0 Å². The molecule has 0 radical (unpaired) electrons. The molecule has 11 atom stereocenters. The number of cyclic esters (lactones) is 1. The Labute approximate surface area is 300 Å². The van der Waals surface area contributed by atoms with Crippen molar-refractivity contribution in [3.8, 4) is 0 Å². The molecule has 50 heavy (non-hydrogen) atoms. The van der Waals surface area contributed by atoms with Gasteiger partial charge in [0.2, 0.25) is 0 Å². The molecule has 0 aliphatic carbocycles. The highest BCUT2D eigenvalue weighted by Gasteiger charge is 2.50. The van der Waals surface area contributed by atoms with Gasteiger partial charge in [0, 0.05) is 38.7 Å². The molecule has 0 spiro atoms. The van der Waals surface area contributed by atoms with Crippen molar-refractivity contribution in [2.24, 2.45) is 17.8 Å². The number of benzene rings is 1. The van der Waals surface area contributed by atoms with Crippen LogP contribution in [0.4, 0.5) is 0 Å². The molecule has 11 heteroatoms. The van der Waals surface area contributed by atoms with Crippen molar-refractivity contribution in [3.63, 3.8) is 0 Å². The lowest BCUT2D eigenvalue weighted by Gasteiger charge is -2.48. The van der Waals surface area contributed by atoms with E-state index in [1.807, 2.05) is 45.8 Å². The van der Waals surface area contributed by atoms with Gasteiger partial charge in [0.25, 0.3) is 0 Å². The minimum Gasteiger partial charge on any atom is -0.464 e. The van der Waals surface area contributed by atoms with Gasteiger partial charge in [-0.25, -0.2) is 4.79 Å². The molecule has 1 aromatic carbocycles. The Kier molecular flexibility index (Phi) is 14.7. The van der Waals surface area contributed by atoms with Crippen LogP contribution in [-0.2, 0) is 28.5 Å². The zero-order valence-electron chi connectivity index (χ0n) is 31.8. The van der Waals surface area contributed by atoms with Gasteiger partial charge in [0.1, 0.15) is 6.61 Å². The van der Waals surface area contributed by atoms with E-state index in [2.05, 4.69) is 36.0 Å². The second kappa shape index (κ2) is 18.3. The van der Waals surface area contributed by atoms with Crippen LogP contribution >= 0.6 is 0 Å². The maximum atomic E-state index is 13.5. The lowest BCUT2D eigenvalue weighted by molar-refractivity contribution is -0.300. The first kappa shape index (κ1) is 40.2. The van der Waals surface area contributed by atoms with Crippen molar-refractivity contribution < 1.29 is 38.4 Å². The van der Waals surface area contributed by atoms with Crippen LogP contribution in [0.2, 0.25) is 0 Å². The maximum absolute atomic E-state index is 13.5. The van der Waals surface area contributed by atoms with Crippen LogP contribution < -0.4 is 0 Å². The Morgan fingerprint density at radius 2 is 1.86 bits per heavy atom. The normalized spacial score (nSPS) is 36.4. The summed E-state index contributed by atoms with van der Waals surface area (Å²) in [6.07, 6.45) is 4.79. The molecule has 4 rings (SSSR count). The number of ether oxygens (including phenoxy) is 5. The van der Waals surface area contributed by atoms with E-state index in [-0.39, 0.29) is 30.7 Å². The molecular weight excluding hydrogens is 638 g/mol. The Morgan fingerprint density at radius 3 is 2.50 bits per heavy atom. The summed E-state index contributed by atoms with van der Waals surface area (Å²) < 4.78 is 31.8. The Hall–Kier alpha value is -2.54. The number of methoxy groups -OCH3 is 1. The molecule has 2 saturated heterocycles. The van der Waals surface area contributed by atoms with E-state index in [1.165, 1.54) is 0 Å². The van der Waals surface area contributed by atoms with Gasteiger partial charge in [-0.15, -0.1) is 0 Å². The summed E-state index contributed by atoms with van der Waals surface area (Å²) in [7, 11) is 7.66. The van der Waals surface area contributed by atoms with Gasteiger partial charge in [-0.1, -0.05) is 38.1 Å². The molecule has 1 unspecified atom stereocenters. The number of likely N-dealkylation sites (N-methyl/N-ethyl adjacent to an activating group) is 2. The lowest BCUT2D eigenvalue weighted by Crippen LogP contribution is -2.60. The molecule has 0 saturated carbocycles. The molecule has 1 aromatic rings. The first-order valence-electron chi connectivity index (χ1n) is 18.5. The molecule has 3 heterocycles. The van der Waals surface area contributed by atoms with Gasteiger partial charge in [-0.3, -0.25) is 9.69 Å². The van der Waals surface area contributed by atoms with Crippen molar-refractivity contribution in [1.29, 1.82) is 0 Å². The molecule has 11 nitrogen and oxygen atoms in total. The van der Waals surface area contributed by atoms with Crippen LogP contribution in [0.3, 0.4) is 0 Å². The number of aliphatic hydroxyl groups excluding tert-OH is 1. The van der Waals surface area contributed by atoms with Crippen LogP contribution in [0.15, 0.2) is 42.6 Å². The van der Waals surface area contributed by atoms with Gasteiger partial charge >= 0.3 is 11.9 Å². The van der Waals surface area contributed by atoms with Gasteiger partial charge in [-0.05, 0) is 98.3 Å². The largest absolute Gasteiger partial charge is 0.464 e. The van der Waals surface area contributed by atoms with E-state index < -0.39 is 54.0 Å². The van der Waals surface area contributed by atoms with Crippen LogP contribution in [0, 0.1) is 17.8 Å². The molecule has 1 N–H and O–H groups in total. The molecule has 282 valence electrons. The molecular formula is C39H63N3O8. The fourth-order valence-corrected chi connectivity index (χ4v) is 7.98. The molecule has 3 aliphatic heterocycles. The van der Waals surface area contributed by atoms with Crippen molar-refractivity contribution in [2.75, 3.05) is 54.5 Å². The Morgan fingerprint density at radius 1 is 1.14 bits per heavy atom. The highest BCUT2D eigenvalue weighted by molar-refractivity contribution is 5.89. The average molecular weight is 702 g/mol. The van der Waals surface area contributed by atoms with Crippen molar-refractivity contribution in [3.05, 3.63) is 48.2 Å². The van der Waals surface area contributed by atoms with Gasteiger partial charge < -0.3 is 38.6 Å². The topological polar surface area (TPSA) is 110 Å². The number of esters is 2. The standard InChI is InChI=1S/C39H63N3O8/c1-26-23-39(5,46-9)35(50-38-34(32(40(6)7)22-27(2)48-38)49-37(45)30-16-11-10-12-17-30)28(3)33(43)29(4)36(44)47-25-31(41(8)24-26)18-15-21-42-19-13-14-20-42/h10-13,16-17,19,26-29,31-35,38,43H,14-15,18,20-25H2,1-9H3/t26-,27-,28+,29-,31-,32+,33+,34-,35-,38?,39-/m1/s1. The number of hydrogen-bond acceptors (Lipinski definition) is 11. The SMILES string of the molecule is CO[C@]1(C)C[C@@H](C)CN(C)[C@H](CCCN2C=CCC2)COC(=O)[C@H](C)[C@@H](O)[C@H](C)[C@H]1OC1O[C@H](C)C[C@H](N(C)C)[C@H]1OC(=O)c1ccccc1. The van der Waals surface area contributed by atoms with Crippen molar-refractivity contribution in [1.82, 2.24) is 14.7 Å². The summed E-state index contributed by atoms with van der Waals surface area (Å²) in [6.45, 7) is 12.8. The number of aliphatic hydroxyl groups is 1. The van der Waals surface area contributed by atoms with E-state index in [4.69, 9.17) is 23.7 Å². The lowest BCUT2D eigenvalue weighted by atomic mass is 9.77. The third-order valence-corrected chi connectivity index (χ3v) is 11.0. The van der Waals surface area contributed by atoms with E-state index in [9.17, 15) is 14.7 Å². The first-order valence-corrected chi connectivity index (χ1v) is 18.5. The van der Waals surface area contributed by atoms with Crippen molar-refractivity contribution >= 4 is 11.9 Å². The summed E-state index contributed by atoms with van der Waals surface area (Å²) in [5.41, 5.74) is -0.465. The van der Waals surface area contributed by atoms with Crippen LogP contribution in [-0.4, -0.2) is 135 Å². The van der Waals surface area contributed by atoms with E-state index in [1.54, 1.807) is 38.3 Å². The summed E-state index contributed by atoms with van der Waals surface area (Å²) in [6, 6.07) is 8.74. The number of rotatable bonds is 10. The fourth-order valence-electron chi connectivity index (χ4n) is 7.98. The number of nitrogens with zero attached hydrogens (tertiary/aromatic N) is 3. The van der Waals surface area contributed by atoms with Gasteiger partial charge in [0.15, 0.2) is 12.4 Å². The van der Waals surface area contributed by atoms with E-state index >= 15 is 0 Å². The molecule has 0 aromatic heterocycles. The fraction of sp³-hybridized carbons (Fsp3) is 0.744. The average Bonchev–Trinajstić information content (AvgIpc) is 3.61. The van der Waals surface area contributed by atoms with Crippen LogP contribution in [0.25, 0.3) is 0 Å². The first-order chi connectivity index (χ1) is 23.7. The number of hydrogen-bond donors (Lipinski definition) is 1. The summed E-state index contributed by atoms with van der Waals surface area (Å²) in [5, 5.41) is 11.8. The van der Waals surface area contributed by atoms with Crippen LogP contribution in [0.1, 0.15) is 77.1 Å². The predicted octanol–water partition coefficient (Wildman–Crippen LogP) is 4.58. The number of carbonyl (C=O) groups is 2. The smallest absolute Gasteiger partial charge is 0.338 e. The summed E-state index contributed by atoms with van der Waals surface area (Å²) in [4.78, 5) is 33.6. The minimum atomic E-state index is -1.10. The second-order valence-electron chi connectivity index (χ2n) is 15.4. The highest BCUT2D eigenvalue weighted by Crippen LogP contribution is 2.38. The second-order valence-corrected chi connectivity index (χ2v) is 15.4. The summed E-state index contributed by atoms with van der Waals surface area (Å²) >= 11 is 0. The number of carbonyl (C=O) groups excluding carboxylic acids is 2. The Bertz CT molecular complexity index is 1250. The zero-order valence-corrected chi connectivity index (χ0v) is 31.8. The molecule has 3 aliphatic rings. The van der Waals surface area contributed by atoms with Crippen molar-refractivity contribution in [2.45, 2.75) is 115 Å². The van der Waals surface area contributed by atoms with Gasteiger partial charge in [0.05, 0.1) is 41.4 Å². The third-order valence-electron chi connectivity index (χ3n) is 11.0. The molecule has 0 bridgehead atoms. The zero-order chi connectivity index (χ0) is 36.6. The minimum absolute atomic E-state index is 0.0384. The third kappa shape index (κ3) is 10.3. The monoisotopic (exact) mass is 701 g/mol. The maximum Gasteiger partial charge on any atom is 0.338 e. The van der Waals surface area contributed by atoms with E-state index in [0.29, 0.717) is 18.4 Å². The predicted molar refractivity (Wildman–Crippen MR) is 192 cm³/mol. The quantitative estimate of drug-likeness (QED) is 0.346. The summed E-state index contributed by atoms with van der Waals surface area (Å²) in [5.74, 6) is -2.15. The highest BCUT2D eigenvalue weighted by atomic mass is 16.7. The Balaban J connectivity index is 1.62. The molecule has 0 amide bonds. The van der Waals surface area contributed by atoms with E-state index in [0.717, 1.165) is 38.9 Å². The van der Waals surface area contributed by atoms with Crippen LogP contribution in [0.5, 0.6) is 0 Å². The molecule has 2 fully saturated rings.